The van der Waals surface area contributed by atoms with Gasteiger partial charge in [-0.2, -0.15) is 0 Å². The van der Waals surface area contributed by atoms with E-state index in [-0.39, 0.29) is 12.6 Å². The van der Waals surface area contributed by atoms with Gasteiger partial charge in [0.05, 0.1) is 5.01 Å². The maximum atomic E-state index is 12.0. The zero-order chi connectivity index (χ0) is 14.5. The van der Waals surface area contributed by atoms with Gasteiger partial charge in [-0.1, -0.05) is 0 Å². The summed E-state index contributed by atoms with van der Waals surface area (Å²) < 4.78 is 0. The molecule has 7 heteroatoms. The smallest absolute Gasteiger partial charge is 0.323 e. The van der Waals surface area contributed by atoms with Gasteiger partial charge < -0.3 is 15.3 Å². The average Bonchev–Trinajstić information content (AvgIpc) is 3.09. The minimum absolute atomic E-state index is 0.237. The molecule has 2 amide bonds. The number of aromatic nitrogens is 1. The molecule has 0 bridgehead atoms. The molecule has 1 fully saturated rings. The van der Waals surface area contributed by atoms with Gasteiger partial charge >= 0.3 is 12.0 Å². The Morgan fingerprint density at radius 3 is 2.85 bits per heavy atom. The number of amides is 2. The number of carbonyl (C=O) groups excluding carboxylic acids is 1. The normalized spacial score (nSPS) is 14.1. The number of rotatable bonds is 7. The van der Waals surface area contributed by atoms with E-state index >= 15 is 0 Å². The molecular formula is C13H19N3O3S. The first-order chi connectivity index (χ1) is 9.54. The van der Waals surface area contributed by atoms with E-state index in [1.807, 2.05) is 12.3 Å². The molecule has 1 aromatic heterocycles. The molecule has 1 aliphatic rings. The second-order valence-electron chi connectivity index (χ2n) is 5.08. The summed E-state index contributed by atoms with van der Waals surface area (Å²) in [5.41, 5.74) is 0.984. The molecule has 1 heterocycles. The summed E-state index contributed by atoms with van der Waals surface area (Å²) in [6.07, 6.45) is 2.85. The quantitative estimate of drug-likeness (QED) is 0.799. The Hall–Kier alpha value is -1.63. The third kappa shape index (κ3) is 4.80. The molecule has 2 rings (SSSR count). The molecule has 0 radical (unpaired) electrons. The molecule has 20 heavy (non-hydrogen) atoms. The zero-order valence-corrected chi connectivity index (χ0v) is 12.3. The van der Waals surface area contributed by atoms with Crippen molar-refractivity contribution >= 4 is 23.3 Å². The molecule has 0 aliphatic heterocycles. The van der Waals surface area contributed by atoms with Crippen LogP contribution in [0.2, 0.25) is 0 Å². The van der Waals surface area contributed by atoms with Gasteiger partial charge in [0.1, 0.15) is 6.54 Å². The van der Waals surface area contributed by atoms with Gasteiger partial charge in [0.25, 0.3) is 0 Å². The summed E-state index contributed by atoms with van der Waals surface area (Å²) in [7, 11) is 0. The van der Waals surface area contributed by atoms with Crippen LogP contribution < -0.4 is 5.32 Å². The highest BCUT2D eigenvalue weighted by Crippen LogP contribution is 2.29. The molecule has 1 saturated carbocycles. The highest BCUT2D eigenvalue weighted by atomic mass is 32.1. The highest BCUT2D eigenvalue weighted by Gasteiger charge is 2.27. The largest absolute Gasteiger partial charge is 0.480 e. The third-order valence-electron chi connectivity index (χ3n) is 3.07. The zero-order valence-electron chi connectivity index (χ0n) is 11.5. The summed E-state index contributed by atoms with van der Waals surface area (Å²) in [6, 6.07) is -0.299. The van der Waals surface area contributed by atoms with Crippen LogP contribution in [0, 0.1) is 12.8 Å². The van der Waals surface area contributed by atoms with Crippen molar-refractivity contribution in [1.29, 1.82) is 0 Å². The minimum Gasteiger partial charge on any atom is -0.480 e. The molecule has 0 unspecified atom stereocenters. The van der Waals surface area contributed by atoms with Crippen LogP contribution in [0.3, 0.4) is 0 Å². The second kappa shape index (κ2) is 6.69. The van der Waals surface area contributed by atoms with E-state index in [1.165, 1.54) is 4.90 Å². The number of hydrogen-bond acceptors (Lipinski definition) is 4. The number of aryl methyl sites for hydroxylation is 1. The predicted octanol–water partition coefficient (Wildman–Crippen LogP) is 1.50. The first kappa shape index (κ1) is 14.8. The van der Waals surface area contributed by atoms with Crippen molar-refractivity contribution in [3.05, 3.63) is 16.1 Å². The molecule has 0 atom stereocenters. The molecule has 0 spiro atoms. The number of carbonyl (C=O) groups is 2. The summed E-state index contributed by atoms with van der Waals surface area (Å²) in [5, 5.41) is 14.6. The van der Waals surface area contributed by atoms with E-state index < -0.39 is 5.97 Å². The lowest BCUT2D eigenvalue weighted by molar-refractivity contribution is -0.137. The number of carboxylic acid groups (broad SMARTS) is 1. The Kier molecular flexibility index (Phi) is 4.94. The first-order valence-electron chi connectivity index (χ1n) is 6.70. The number of nitrogens with one attached hydrogen (secondary N) is 1. The lowest BCUT2D eigenvalue weighted by Gasteiger charge is -2.20. The van der Waals surface area contributed by atoms with Crippen molar-refractivity contribution in [3.63, 3.8) is 0 Å². The number of thiazole rings is 1. The molecule has 2 N–H and O–H groups in total. The van der Waals surface area contributed by atoms with Crippen LogP contribution in [-0.2, 0) is 11.2 Å². The van der Waals surface area contributed by atoms with E-state index in [1.54, 1.807) is 11.3 Å². The number of nitrogens with zero attached hydrogens (tertiary/aromatic N) is 2. The van der Waals surface area contributed by atoms with Crippen molar-refractivity contribution < 1.29 is 14.7 Å². The molecule has 1 aliphatic carbocycles. The highest BCUT2D eigenvalue weighted by molar-refractivity contribution is 7.09. The average molecular weight is 297 g/mol. The van der Waals surface area contributed by atoms with Gasteiger partial charge in [-0.3, -0.25) is 4.79 Å². The maximum Gasteiger partial charge on any atom is 0.323 e. The van der Waals surface area contributed by atoms with Gasteiger partial charge in [-0.25, -0.2) is 9.78 Å². The van der Waals surface area contributed by atoms with E-state index in [4.69, 9.17) is 5.11 Å². The van der Waals surface area contributed by atoms with Crippen LogP contribution >= 0.6 is 11.3 Å². The van der Waals surface area contributed by atoms with E-state index in [2.05, 4.69) is 10.3 Å². The fourth-order valence-corrected chi connectivity index (χ4v) is 2.68. The van der Waals surface area contributed by atoms with Crippen LogP contribution in [0.15, 0.2) is 5.38 Å². The molecule has 1 aromatic rings. The van der Waals surface area contributed by atoms with Crippen molar-refractivity contribution in [2.24, 2.45) is 5.92 Å². The van der Waals surface area contributed by atoms with Crippen LogP contribution in [-0.4, -0.2) is 46.6 Å². The minimum atomic E-state index is -0.976. The fourth-order valence-electron chi connectivity index (χ4n) is 1.90. The van der Waals surface area contributed by atoms with Crippen LogP contribution in [0.1, 0.15) is 23.5 Å². The standard InChI is InChI=1S/C13H19N3O3S/c1-9-8-20-11(15-9)4-5-14-13(19)16(7-12(17)18)6-10-2-3-10/h8,10H,2-7H2,1H3,(H,14,19)(H,17,18). The number of aliphatic carboxylic acids is 1. The van der Waals surface area contributed by atoms with Gasteiger partial charge in [0, 0.05) is 30.6 Å². The number of carboxylic acids is 1. The molecule has 0 saturated heterocycles. The van der Waals surface area contributed by atoms with Crippen molar-refractivity contribution in [2.45, 2.75) is 26.2 Å². The Labute approximate surface area is 121 Å². The molecule has 110 valence electrons. The van der Waals surface area contributed by atoms with Crippen LogP contribution in [0.5, 0.6) is 0 Å². The first-order valence-corrected chi connectivity index (χ1v) is 7.58. The fraction of sp³-hybridized carbons (Fsp3) is 0.615. The summed E-state index contributed by atoms with van der Waals surface area (Å²) in [5.74, 6) is -0.502. The van der Waals surface area contributed by atoms with Crippen LogP contribution in [0.4, 0.5) is 4.79 Å². The Bertz CT molecular complexity index is 485. The Morgan fingerprint density at radius 2 is 2.30 bits per heavy atom. The van der Waals surface area contributed by atoms with Crippen molar-refractivity contribution in [3.8, 4) is 0 Å². The van der Waals surface area contributed by atoms with Gasteiger partial charge in [-0.05, 0) is 25.7 Å². The third-order valence-corrected chi connectivity index (χ3v) is 4.10. The lowest BCUT2D eigenvalue weighted by atomic mass is 10.3. The molecule has 6 nitrogen and oxygen atoms in total. The van der Waals surface area contributed by atoms with E-state index in [9.17, 15) is 9.59 Å². The lowest BCUT2D eigenvalue weighted by Crippen LogP contribution is -2.44. The Morgan fingerprint density at radius 1 is 1.55 bits per heavy atom. The second-order valence-corrected chi connectivity index (χ2v) is 6.02. The van der Waals surface area contributed by atoms with Gasteiger partial charge in [-0.15, -0.1) is 11.3 Å². The SMILES string of the molecule is Cc1csc(CCNC(=O)N(CC(=O)O)CC2CC2)n1. The van der Waals surface area contributed by atoms with Crippen molar-refractivity contribution in [1.82, 2.24) is 15.2 Å². The van der Waals surface area contributed by atoms with Gasteiger partial charge in [0.2, 0.25) is 0 Å². The Balaban J connectivity index is 1.76. The summed E-state index contributed by atoms with van der Waals surface area (Å²) in [4.78, 5) is 28.5. The van der Waals surface area contributed by atoms with Gasteiger partial charge in [0.15, 0.2) is 0 Å². The van der Waals surface area contributed by atoms with Crippen LogP contribution in [0.25, 0.3) is 0 Å². The molecule has 0 aromatic carbocycles. The molecular weight excluding hydrogens is 278 g/mol. The van der Waals surface area contributed by atoms with Crippen molar-refractivity contribution in [2.75, 3.05) is 19.6 Å². The number of urea groups is 1. The topological polar surface area (TPSA) is 82.5 Å². The number of hydrogen-bond donors (Lipinski definition) is 2. The monoisotopic (exact) mass is 297 g/mol. The van der Waals surface area contributed by atoms with E-state index in [0.29, 0.717) is 25.4 Å². The van der Waals surface area contributed by atoms with E-state index in [0.717, 1.165) is 23.5 Å². The maximum absolute atomic E-state index is 12.0. The predicted molar refractivity (Wildman–Crippen MR) is 75.9 cm³/mol. The summed E-state index contributed by atoms with van der Waals surface area (Å²) >= 11 is 1.57. The summed E-state index contributed by atoms with van der Waals surface area (Å²) in [6.45, 7) is 2.71.